The van der Waals surface area contributed by atoms with Crippen molar-refractivity contribution in [1.29, 1.82) is 0 Å². The summed E-state index contributed by atoms with van der Waals surface area (Å²) in [5.74, 6) is 0. The molecule has 0 aliphatic rings. The second kappa shape index (κ2) is 10.8. The first-order chi connectivity index (χ1) is 18.9. The molecule has 0 fully saturated rings. The average Bonchev–Trinajstić information content (AvgIpc) is 3.33. The van der Waals surface area contributed by atoms with E-state index in [9.17, 15) is 20.2 Å². The fourth-order valence-corrected chi connectivity index (χ4v) is 4.35. The van der Waals surface area contributed by atoms with Gasteiger partial charge in [0.25, 0.3) is 5.69 Å². The van der Waals surface area contributed by atoms with Crippen LogP contribution in [0.25, 0.3) is 28.2 Å². The Bertz CT molecular complexity index is 1680. The third-order valence-electron chi connectivity index (χ3n) is 6.22. The summed E-state index contributed by atoms with van der Waals surface area (Å²) < 4.78 is 2.17. The number of nitro groups is 2. The summed E-state index contributed by atoms with van der Waals surface area (Å²) in [6.45, 7) is 2.04. The van der Waals surface area contributed by atoms with E-state index < -0.39 is 15.5 Å². The Balaban J connectivity index is 1.65. The molecule has 5 aromatic rings. The zero-order valence-electron chi connectivity index (χ0n) is 20.9. The molecule has 9 heteroatoms. The maximum Gasteiger partial charge on any atom is 0.301 e. The maximum atomic E-state index is 11.5. The molecule has 1 N–H and O–H groups in total. The monoisotopic (exact) mass is 517 g/mol. The number of nitrogens with zero attached hydrogens (tertiary/aromatic N) is 4. The van der Waals surface area contributed by atoms with Crippen LogP contribution in [0.15, 0.2) is 114 Å². The van der Waals surface area contributed by atoms with Crippen molar-refractivity contribution in [3.05, 3.63) is 141 Å². The molecule has 0 aliphatic carbocycles. The van der Waals surface area contributed by atoms with E-state index in [0.29, 0.717) is 0 Å². The molecule has 1 aromatic heterocycles. The molecular weight excluding hydrogens is 494 g/mol. The largest absolute Gasteiger partial charge is 0.309 e. The van der Waals surface area contributed by atoms with Crippen LogP contribution in [-0.4, -0.2) is 20.6 Å². The molecule has 5 rings (SSSR count). The molecule has 0 aliphatic heterocycles. The molecule has 0 amide bonds. The topological polar surface area (TPSA) is 116 Å². The van der Waals surface area contributed by atoms with E-state index in [1.54, 1.807) is 6.21 Å². The average molecular weight is 518 g/mol. The lowest BCUT2D eigenvalue weighted by Gasteiger charge is -2.15. The van der Waals surface area contributed by atoms with Crippen LogP contribution in [0.4, 0.5) is 17.1 Å². The number of non-ortho nitro benzene ring substituents is 1. The SMILES string of the molecule is Cc1ccc(-n2c(-c3ccccc3)cc(/C=N/Nc3ccc([N+](=O)[O-])cc3[N+](=O)[O-])c2-c2ccccc2)cc1. The van der Waals surface area contributed by atoms with Crippen molar-refractivity contribution in [2.45, 2.75) is 6.92 Å². The number of anilines is 1. The molecule has 0 spiro atoms. The van der Waals surface area contributed by atoms with E-state index in [-0.39, 0.29) is 11.4 Å². The zero-order valence-corrected chi connectivity index (χ0v) is 20.9. The van der Waals surface area contributed by atoms with Crippen LogP contribution < -0.4 is 5.43 Å². The summed E-state index contributed by atoms with van der Waals surface area (Å²) in [4.78, 5) is 21.3. The molecule has 0 radical (unpaired) electrons. The van der Waals surface area contributed by atoms with Gasteiger partial charge < -0.3 is 4.57 Å². The van der Waals surface area contributed by atoms with Crippen LogP contribution in [0.1, 0.15) is 11.1 Å². The van der Waals surface area contributed by atoms with Crippen molar-refractivity contribution >= 4 is 23.3 Å². The predicted molar refractivity (Wildman–Crippen MR) is 152 cm³/mol. The van der Waals surface area contributed by atoms with Gasteiger partial charge in [-0.1, -0.05) is 78.4 Å². The van der Waals surface area contributed by atoms with Gasteiger partial charge in [-0.3, -0.25) is 25.7 Å². The molecule has 192 valence electrons. The van der Waals surface area contributed by atoms with Crippen LogP contribution in [0.3, 0.4) is 0 Å². The van der Waals surface area contributed by atoms with Gasteiger partial charge in [-0.25, -0.2) is 0 Å². The summed E-state index contributed by atoms with van der Waals surface area (Å²) in [5.41, 5.74) is 8.63. The number of aromatic nitrogens is 1. The number of aryl methyl sites for hydroxylation is 1. The van der Waals surface area contributed by atoms with E-state index in [1.807, 2.05) is 73.7 Å². The van der Waals surface area contributed by atoms with Crippen LogP contribution >= 0.6 is 0 Å². The van der Waals surface area contributed by atoms with Gasteiger partial charge in [0.15, 0.2) is 0 Å². The molecular formula is C30H23N5O4. The summed E-state index contributed by atoms with van der Waals surface area (Å²) in [7, 11) is 0. The lowest BCUT2D eigenvalue weighted by Crippen LogP contribution is -2.01. The van der Waals surface area contributed by atoms with E-state index in [2.05, 4.69) is 39.4 Å². The lowest BCUT2D eigenvalue weighted by molar-refractivity contribution is -0.393. The Morgan fingerprint density at radius 3 is 2.03 bits per heavy atom. The first kappa shape index (κ1) is 25.1. The molecule has 4 aromatic carbocycles. The molecule has 0 atom stereocenters. The highest BCUT2D eigenvalue weighted by Crippen LogP contribution is 2.36. The Labute approximate surface area is 224 Å². The van der Waals surface area contributed by atoms with Gasteiger partial charge in [0.2, 0.25) is 0 Å². The Morgan fingerprint density at radius 1 is 0.769 bits per heavy atom. The highest BCUT2D eigenvalue weighted by atomic mass is 16.6. The van der Waals surface area contributed by atoms with Gasteiger partial charge in [-0.2, -0.15) is 5.10 Å². The van der Waals surface area contributed by atoms with Gasteiger partial charge in [0.1, 0.15) is 5.69 Å². The Morgan fingerprint density at radius 2 is 1.41 bits per heavy atom. The van der Waals surface area contributed by atoms with Crippen LogP contribution in [0.2, 0.25) is 0 Å². The molecule has 39 heavy (non-hydrogen) atoms. The Kier molecular flexibility index (Phi) is 6.96. The number of nitro benzene ring substituents is 2. The number of hydrazone groups is 1. The van der Waals surface area contributed by atoms with Crippen molar-refractivity contribution in [2.24, 2.45) is 5.10 Å². The zero-order chi connectivity index (χ0) is 27.4. The predicted octanol–water partition coefficient (Wildman–Crippen LogP) is 7.38. The van der Waals surface area contributed by atoms with E-state index >= 15 is 0 Å². The van der Waals surface area contributed by atoms with Gasteiger partial charge in [0, 0.05) is 17.3 Å². The van der Waals surface area contributed by atoms with E-state index in [0.717, 1.165) is 45.4 Å². The first-order valence-corrected chi connectivity index (χ1v) is 12.1. The molecule has 0 unspecified atom stereocenters. The maximum absolute atomic E-state index is 11.5. The summed E-state index contributed by atoms with van der Waals surface area (Å²) in [5, 5.41) is 26.9. The smallest absolute Gasteiger partial charge is 0.301 e. The van der Waals surface area contributed by atoms with Crippen molar-refractivity contribution in [3.8, 4) is 28.2 Å². The number of benzene rings is 4. The van der Waals surface area contributed by atoms with Crippen LogP contribution in [0, 0.1) is 27.2 Å². The minimum Gasteiger partial charge on any atom is -0.309 e. The van der Waals surface area contributed by atoms with Crippen molar-refractivity contribution < 1.29 is 9.85 Å². The normalized spacial score (nSPS) is 11.0. The van der Waals surface area contributed by atoms with Gasteiger partial charge in [-0.15, -0.1) is 0 Å². The molecule has 0 saturated heterocycles. The van der Waals surface area contributed by atoms with Gasteiger partial charge in [-0.05, 0) is 42.3 Å². The molecule has 1 heterocycles. The second-order valence-corrected chi connectivity index (χ2v) is 8.82. The first-order valence-electron chi connectivity index (χ1n) is 12.1. The highest BCUT2D eigenvalue weighted by Gasteiger charge is 2.20. The minimum absolute atomic E-state index is 0.0457. The van der Waals surface area contributed by atoms with Crippen LogP contribution in [0.5, 0.6) is 0 Å². The fourth-order valence-electron chi connectivity index (χ4n) is 4.35. The summed E-state index contributed by atoms with van der Waals surface area (Å²) in [6, 6.07) is 33.5. The fraction of sp³-hybridized carbons (Fsp3) is 0.0333. The number of rotatable bonds is 8. The van der Waals surface area contributed by atoms with Crippen molar-refractivity contribution in [3.63, 3.8) is 0 Å². The quantitative estimate of drug-likeness (QED) is 0.131. The third-order valence-corrected chi connectivity index (χ3v) is 6.22. The standard InChI is InChI=1S/C30H23N5O4/c1-21-12-14-25(15-13-21)33-28(22-8-4-2-5-9-22)18-24(30(33)23-10-6-3-7-11-23)20-31-32-27-17-16-26(34(36)37)19-29(27)35(38)39/h2-20,32H,1H3/b31-20+. The van der Waals surface area contributed by atoms with Crippen molar-refractivity contribution in [2.75, 3.05) is 5.43 Å². The molecule has 9 nitrogen and oxygen atoms in total. The van der Waals surface area contributed by atoms with Gasteiger partial charge in [0.05, 0.1) is 33.5 Å². The Hall–Kier alpha value is -5.57. The highest BCUT2D eigenvalue weighted by molar-refractivity contribution is 5.94. The minimum atomic E-state index is -0.679. The van der Waals surface area contributed by atoms with E-state index in [1.165, 1.54) is 12.1 Å². The van der Waals surface area contributed by atoms with E-state index in [4.69, 9.17) is 0 Å². The van der Waals surface area contributed by atoms with Gasteiger partial charge >= 0.3 is 5.69 Å². The lowest BCUT2D eigenvalue weighted by atomic mass is 10.1. The summed E-state index contributed by atoms with van der Waals surface area (Å²) in [6.07, 6.45) is 1.60. The molecule has 0 saturated carbocycles. The van der Waals surface area contributed by atoms with Crippen LogP contribution in [-0.2, 0) is 0 Å². The third kappa shape index (κ3) is 5.28. The number of hydrogen-bond donors (Lipinski definition) is 1. The molecule has 0 bridgehead atoms. The summed E-state index contributed by atoms with van der Waals surface area (Å²) >= 11 is 0. The second-order valence-electron chi connectivity index (χ2n) is 8.82. The number of hydrogen-bond acceptors (Lipinski definition) is 6. The number of nitrogens with one attached hydrogen (secondary N) is 1. The van der Waals surface area contributed by atoms with Crippen molar-refractivity contribution in [1.82, 2.24) is 4.57 Å².